The number of anilines is 1. The molecule has 0 saturated carbocycles. The van der Waals surface area contributed by atoms with Gasteiger partial charge in [0, 0.05) is 29.6 Å². The summed E-state index contributed by atoms with van der Waals surface area (Å²) in [7, 11) is 0. The second-order valence-electron chi connectivity index (χ2n) is 4.83. The zero-order valence-corrected chi connectivity index (χ0v) is 14.7. The number of ether oxygens (including phenoxy) is 1. The molecule has 7 heteroatoms. The molecule has 0 bridgehead atoms. The van der Waals surface area contributed by atoms with Crippen LogP contribution < -0.4 is 4.90 Å². The summed E-state index contributed by atoms with van der Waals surface area (Å²) in [5, 5.41) is -0.0157. The molecule has 1 atom stereocenters. The second kappa shape index (κ2) is 7.28. The van der Waals surface area contributed by atoms with Crippen molar-refractivity contribution in [2.75, 3.05) is 18.1 Å². The maximum atomic E-state index is 12.1. The van der Waals surface area contributed by atoms with Gasteiger partial charge in [0.05, 0.1) is 17.9 Å². The number of hydrogen-bond donors (Lipinski definition) is 0. The second-order valence-corrected chi connectivity index (χ2v) is 7.16. The van der Waals surface area contributed by atoms with E-state index in [-0.39, 0.29) is 16.3 Å². The van der Waals surface area contributed by atoms with Gasteiger partial charge in [-0.15, -0.1) is 0 Å². The summed E-state index contributed by atoms with van der Waals surface area (Å²) in [5.74, 6) is -0.421. The standard InChI is InChI=1S/C15H16BrNO4S/c1-3-21-15(20)10-4-5-13(12(16)6-10)17-8-11(7-14(17)19)22-9(2)18/h4-6,11H,3,7-8H2,1-2H3. The maximum Gasteiger partial charge on any atom is 0.338 e. The van der Waals surface area contributed by atoms with E-state index in [1.54, 1.807) is 30.0 Å². The van der Waals surface area contributed by atoms with Crippen LogP contribution in [-0.2, 0) is 14.3 Å². The number of benzene rings is 1. The number of esters is 1. The molecular weight excluding hydrogens is 370 g/mol. The van der Waals surface area contributed by atoms with Gasteiger partial charge in [0.25, 0.3) is 0 Å². The van der Waals surface area contributed by atoms with Crippen molar-refractivity contribution in [3.63, 3.8) is 0 Å². The Hall–Kier alpha value is -1.34. The fraction of sp³-hybridized carbons (Fsp3) is 0.400. The molecule has 0 radical (unpaired) electrons. The first-order valence-electron chi connectivity index (χ1n) is 6.86. The van der Waals surface area contributed by atoms with E-state index in [0.717, 1.165) is 0 Å². The molecule has 1 aliphatic rings. The normalized spacial score (nSPS) is 17.7. The Balaban J connectivity index is 2.17. The largest absolute Gasteiger partial charge is 0.462 e. The van der Waals surface area contributed by atoms with Gasteiger partial charge in [0.15, 0.2) is 5.12 Å². The van der Waals surface area contributed by atoms with Crippen LogP contribution in [0.25, 0.3) is 0 Å². The van der Waals surface area contributed by atoms with E-state index in [1.165, 1.54) is 18.7 Å². The SMILES string of the molecule is CCOC(=O)c1ccc(N2CC(SC(C)=O)CC2=O)c(Br)c1. The minimum absolute atomic E-state index is 0.0105. The Kier molecular flexibility index (Phi) is 5.63. The molecule has 5 nitrogen and oxygen atoms in total. The Labute approximate surface area is 141 Å². The number of rotatable bonds is 4. The predicted molar refractivity (Wildman–Crippen MR) is 89.1 cm³/mol. The van der Waals surface area contributed by atoms with Crippen LogP contribution in [0.5, 0.6) is 0 Å². The molecular formula is C15H16BrNO4S. The summed E-state index contributed by atoms with van der Waals surface area (Å²) in [4.78, 5) is 36.6. The highest BCUT2D eigenvalue weighted by Gasteiger charge is 2.32. The quantitative estimate of drug-likeness (QED) is 0.745. The number of carbonyl (C=O) groups excluding carboxylic acids is 3. The Bertz CT molecular complexity index is 620. The first kappa shape index (κ1) is 17.0. The molecule has 0 aliphatic carbocycles. The lowest BCUT2D eigenvalue weighted by Crippen LogP contribution is -2.25. The van der Waals surface area contributed by atoms with Crippen LogP contribution in [-0.4, -0.2) is 35.4 Å². The van der Waals surface area contributed by atoms with Gasteiger partial charge < -0.3 is 9.64 Å². The zero-order chi connectivity index (χ0) is 16.3. The van der Waals surface area contributed by atoms with Gasteiger partial charge in [-0.3, -0.25) is 9.59 Å². The molecule has 1 saturated heterocycles. The average Bonchev–Trinajstić information content (AvgIpc) is 2.78. The monoisotopic (exact) mass is 385 g/mol. The van der Waals surface area contributed by atoms with Crippen molar-refractivity contribution in [2.24, 2.45) is 0 Å². The molecule has 22 heavy (non-hydrogen) atoms. The smallest absolute Gasteiger partial charge is 0.338 e. The number of carbonyl (C=O) groups is 3. The molecule has 118 valence electrons. The van der Waals surface area contributed by atoms with Gasteiger partial charge in [-0.25, -0.2) is 4.79 Å². The van der Waals surface area contributed by atoms with Crippen molar-refractivity contribution in [1.29, 1.82) is 0 Å². The predicted octanol–water partition coefficient (Wildman–Crippen LogP) is 3.01. The van der Waals surface area contributed by atoms with Crippen molar-refractivity contribution in [1.82, 2.24) is 0 Å². The Morgan fingerprint density at radius 2 is 2.18 bits per heavy atom. The fourth-order valence-electron chi connectivity index (χ4n) is 2.29. The molecule has 1 aromatic rings. The molecule has 1 aromatic carbocycles. The van der Waals surface area contributed by atoms with Gasteiger partial charge in [0.1, 0.15) is 0 Å². The summed E-state index contributed by atoms with van der Waals surface area (Å²) in [6, 6.07) is 5.00. The molecule has 0 N–H and O–H groups in total. The summed E-state index contributed by atoms with van der Waals surface area (Å²) >= 11 is 4.59. The minimum Gasteiger partial charge on any atom is -0.462 e. The summed E-state index contributed by atoms with van der Waals surface area (Å²) in [6.07, 6.45) is 0.344. The topological polar surface area (TPSA) is 63.7 Å². The van der Waals surface area contributed by atoms with E-state index in [9.17, 15) is 14.4 Å². The summed E-state index contributed by atoms with van der Waals surface area (Å²) < 4.78 is 5.60. The van der Waals surface area contributed by atoms with E-state index < -0.39 is 5.97 Å². The molecule has 1 heterocycles. The molecule has 1 amide bonds. The fourth-order valence-corrected chi connectivity index (χ4v) is 3.80. The minimum atomic E-state index is -0.396. The van der Waals surface area contributed by atoms with E-state index >= 15 is 0 Å². The molecule has 0 aromatic heterocycles. The van der Waals surface area contributed by atoms with Crippen molar-refractivity contribution >= 4 is 50.4 Å². The third-order valence-electron chi connectivity index (χ3n) is 3.17. The molecule has 1 unspecified atom stereocenters. The van der Waals surface area contributed by atoms with Crippen LogP contribution in [0.15, 0.2) is 22.7 Å². The Morgan fingerprint density at radius 3 is 2.77 bits per heavy atom. The first-order chi connectivity index (χ1) is 10.4. The molecule has 1 aliphatic heterocycles. The summed E-state index contributed by atoms with van der Waals surface area (Å²) in [5.41, 5.74) is 1.13. The van der Waals surface area contributed by atoms with E-state index in [1.807, 2.05) is 0 Å². The zero-order valence-electron chi connectivity index (χ0n) is 12.3. The van der Waals surface area contributed by atoms with E-state index in [4.69, 9.17) is 4.74 Å². The first-order valence-corrected chi connectivity index (χ1v) is 8.54. The number of halogens is 1. The van der Waals surface area contributed by atoms with Crippen molar-refractivity contribution in [3.05, 3.63) is 28.2 Å². The van der Waals surface area contributed by atoms with Gasteiger partial charge in [-0.05, 0) is 41.1 Å². The lowest BCUT2D eigenvalue weighted by molar-refractivity contribution is -0.117. The third-order valence-corrected chi connectivity index (χ3v) is 4.79. The van der Waals surface area contributed by atoms with Gasteiger partial charge >= 0.3 is 5.97 Å². The highest BCUT2D eigenvalue weighted by Crippen LogP contribution is 2.34. The third kappa shape index (κ3) is 3.89. The number of nitrogens with zero attached hydrogens (tertiary/aromatic N) is 1. The van der Waals surface area contributed by atoms with Crippen LogP contribution in [0.1, 0.15) is 30.6 Å². The summed E-state index contributed by atoms with van der Waals surface area (Å²) in [6.45, 7) is 4.05. The average molecular weight is 386 g/mol. The van der Waals surface area contributed by atoms with Crippen molar-refractivity contribution < 1.29 is 19.1 Å². The number of amides is 1. The van der Waals surface area contributed by atoms with Crippen LogP contribution >= 0.6 is 27.7 Å². The van der Waals surface area contributed by atoms with Crippen molar-refractivity contribution in [2.45, 2.75) is 25.5 Å². The van der Waals surface area contributed by atoms with Gasteiger partial charge in [-0.1, -0.05) is 11.8 Å². The van der Waals surface area contributed by atoms with Crippen LogP contribution in [0.4, 0.5) is 5.69 Å². The molecule has 2 rings (SSSR count). The highest BCUT2D eigenvalue weighted by atomic mass is 79.9. The lowest BCUT2D eigenvalue weighted by Gasteiger charge is -2.18. The highest BCUT2D eigenvalue weighted by molar-refractivity contribution is 9.10. The molecule has 1 fully saturated rings. The van der Waals surface area contributed by atoms with Crippen molar-refractivity contribution in [3.8, 4) is 0 Å². The van der Waals surface area contributed by atoms with E-state index in [0.29, 0.717) is 35.3 Å². The van der Waals surface area contributed by atoms with E-state index in [2.05, 4.69) is 15.9 Å². The Morgan fingerprint density at radius 1 is 1.45 bits per heavy atom. The van der Waals surface area contributed by atoms with Crippen LogP contribution in [0.3, 0.4) is 0 Å². The maximum absolute atomic E-state index is 12.1. The van der Waals surface area contributed by atoms with Crippen LogP contribution in [0.2, 0.25) is 0 Å². The van der Waals surface area contributed by atoms with Gasteiger partial charge in [0.2, 0.25) is 5.91 Å². The van der Waals surface area contributed by atoms with Crippen LogP contribution in [0, 0.1) is 0 Å². The molecule has 0 spiro atoms. The van der Waals surface area contributed by atoms with Gasteiger partial charge in [-0.2, -0.15) is 0 Å². The lowest BCUT2D eigenvalue weighted by atomic mass is 10.2. The number of hydrogen-bond acceptors (Lipinski definition) is 5. The number of thioether (sulfide) groups is 1.